The van der Waals surface area contributed by atoms with Crippen molar-refractivity contribution in [2.45, 2.75) is 32.8 Å². The molecule has 0 aromatic heterocycles. The van der Waals surface area contributed by atoms with Crippen LogP contribution in [0.1, 0.15) is 47.9 Å². The van der Waals surface area contributed by atoms with Gasteiger partial charge in [-0.3, -0.25) is 9.59 Å². The molecule has 7 nitrogen and oxygen atoms in total. The van der Waals surface area contributed by atoms with Crippen LogP contribution in [0.15, 0.2) is 36.4 Å². The Bertz CT molecular complexity index is 1090. The Morgan fingerprint density at radius 1 is 0.903 bits per heavy atom. The van der Waals surface area contributed by atoms with E-state index in [1.807, 2.05) is 0 Å². The number of hydrogen-bond donors (Lipinski definition) is 1. The van der Waals surface area contributed by atoms with Crippen molar-refractivity contribution in [1.29, 1.82) is 0 Å². The number of ketones is 1. The van der Waals surface area contributed by atoms with E-state index in [-0.39, 0.29) is 22.5 Å². The van der Waals surface area contributed by atoms with Gasteiger partial charge in [0.25, 0.3) is 0 Å². The van der Waals surface area contributed by atoms with E-state index in [1.54, 1.807) is 20.8 Å². The molecule has 2 aromatic carbocycles. The van der Waals surface area contributed by atoms with Crippen molar-refractivity contribution in [2.75, 3.05) is 0 Å². The van der Waals surface area contributed by atoms with Gasteiger partial charge in [0.15, 0.2) is 17.2 Å². The lowest BCUT2D eigenvalue weighted by Gasteiger charge is -2.19. The standard InChI is InChI=1S/C14H14FNO3.C8H4FNO2/c1-14(2,3)19-13(18)8-12(17)9-5-10(15)7-11(6-9)16-4;1-10-7-3-5(8(11)12)2-6(9)4-7/h5-7H,8H2,1-3H3;2-4H,(H,11,12). The molecule has 0 heterocycles. The van der Waals surface area contributed by atoms with Crippen LogP contribution in [0.2, 0.25) is 0 Å². The van der Waals surface area contributed by atoms with E-state index in [4.69, 9.17) is 23.0 Å². The van der Waals surface area contributed by atoms with Gasteiger partial charge in [-0.1, -0.05) is 0 Å². The van der Waals surface area contributed by atoms with Gasteiger partial charge < -0.3 is 9.84 Å². The number of carboxylic acids is 1. The predicted molar refractivity (Wildman–Crippen MR) is 107 cm³/mol. The highest BCUT2D eigenvalue weighted by Crippen LogP contribution is 2.19. The second-order valence-electron chi connectivity index (χ2n) is 7.11. The number of carbonyl (C=O) groups excluding carboxylic acids is 2. The molecule has 2 aromatic rings. The molecule has 0 fully saturated rings. The molecule has 0 aliphatic heterocycles. The zero-order chi connectivity index (χ0) is 23.8. The zero-order valence-electron chi connectivity index (χ0n) is 16.9. The minimum Gasteiger partial charge on any atom is -0.478 e. The van der Waals surface area contributed by atoms with Gasteiger partial charge in [-0.25, -0.2) is 23.3 Å². The number of ether oxygens (including phenoxy) is 1. The Labute approximate surface area is 177 Å². The summed E-state index contributed by atoms with van der Waals surface area (Å²) in [4.78, 5) is 39.6. The Morgan fingerprint density at radius 2 is 1.35 bits per heavy atom. The Hall–Kier alpha value is -4.11. The second kappa shape index (κ2) is 10.6. The predicted octanol–water partition coefficient (Wildman–Crippen LogP) is 5.37. The second-order valence-corrected chi connectivity index (χ2v) is 7.11. The Kier molecular flexibility index (Phi) is 8.53. The highest BCUT2D eigenvalue weighted by Gasteiger charge is 2.20. The first-order valence-corrected chi connectivity index (χ1v) is 8.69. The summed E-state index contributed by atoms with van der Waals surface area (Å²) in [5, 5.41) is 8.46. The summed E-state index contributed by atoms with van der Waals surface area (Å²) < 4.78 is 30.7. The number of hydrogen-bond acceptors (Lipinski definition) is 4. The van der Waals surface area contributed by atoms with E-state index in [2.05, 4.69) is 9.69 Å². The van der Waals surface area contributed by atoms with E-state index >= 15 is 0 Å². The first-order valence-electron chi connectivity index (χ1n) is 8.69. The van der Waals surface area contributed by atoms with Gasteiger partial charge in [0.05, 0.1) is 18.7 Å². The molecule has 0 saturated carbocycles. The molecule has 0 unspecified atom stereocenters. The summed E-state index contributed by atoms with van der Waals surface area (Å²) in [6.07, 6.45) is -0.474. The quantitative estimate of drug-likeness (QED) is 0.306. The van der Waals surface area contributed by atoms with Crippen LogP contribution in [0, 0.1) is 24.8 Å². The van der Waals surface area contributed by atoms with Crippen LogP contribution in [0.25, 0.3) is 9.69 Å². The monoisotopic (exact) mass is 428 g/mol. The van der Waals surface area contributed by atoms with E-state index in [0.717, 1.165) is 30.3 Å². The molecule has 0 saturated heterocycles. The molecule has 0 aliphatic rings. The van der Waals surface area contributed by atoms with Crippen LogP contribution in [0.5, 0.6) is 0 Å². The number of esters is 1. The molecule has 1 N–H and O–H groups in total. The number of rotatable bonds is 4. The zero-order valence-corrected chi connectivity index (χ0v) is 16.9. The first kappa shape index (κ1) is 24.9. The van der Waals surface area contributed by atoms with Crippen molar-refractivity contribution >= 4 is 29.1 Å². The normalized spacial score (nSPS) is 10.0. The van der Waals surface area contributed by atoms with E-state index in [1.165, 1.54) is 6.07 Å². The van der Waals surface area contributed by atoms with Gasteiger partial charge in [0.2, 0.25) is 0 Å². The molecule has 9 heteroatoms. The summed E-state index contributed by atoms with van der Waals surface area (Å²) in [7, 11) is 0. The maximum absolute atomic E-state index is 13.2. The highest BCUT2D eigenvalue weighted by molar-refractivity contribution is 6.06. The summed E-state index contributed by atoms with van der Waals surface area (Å²) in [5.74, 6) is -3.87. The van der Waals surface area contributed by atoms with Gasteiger partial charge in [-0.2, -0.15) is 0 Å². The molecule has 0 amide bonds. The van der Waals surface area contributed by atoms with E-state index < -0.39 is 41.4 Å². The largest absolute Gasteiger partial charge is 0.478 e. The molecule has 2 rings (SSSR count). The number of halogens is 2. The van der Waals surface area contributed by atoms with E-state index in [9.17, 15) is 23.2 Å². The summed E-state index contributed by atoms with van der Waals surface area (Å²) >= 11 is 0. The van der Waals surface area contributed by atoms with E-state index in [0.29, 0.717) is 0 Å². The third kappa shape index (κ3) is 8.84. The van der Waals surface area contributed by atoms with Crippen LogP contribution in [0.3, 0.4) is 0 Å². The molecule has 0 spiro atoms. The number of carbonyl (C=O) groups is 3. The molecular formula is C22H18F2N2O5. The highest BCUT2D eigenvalue weighted by atomic mass is 19.1. The number of benzene rings is 2. The minimum absolute atomic E-state index is 0.00291. The molecule has 0 aliphatic carbocycles. The van der Waals surface area contributed by atoms with Crippen molar-refractivity contribution in [1.82, 2.24) is 0 Å². The fourth-order valence-corrected chi connectivity index (χ4v) is 2.17. The third-order valence-electron chi connectivity index (χ3n) is 3.32. The van der Waals surface area contributed by atoms with Crippen LogP contribution >= 0.6 is 0 Å². The van der Waals surface area contributed by atoms with Crippen LogP contribution in [-0.4, -0.2) is 28.4 Å². The fraction of sp³-hybridized carbons (Fsp3) is 0.227. The van der Waals surface area contributed by atoms with Crippen molar-refractivity contribution < 1.29 is 33.0 Å². The van der Waals surface area contributed by atoms with Gasteiger partial charge in [-0.05, 0) is 57.2 Å². The maximum Gasteiger partial charge on any atom is 0.334 e. The van der Waals surface area contributed by atoms with Crippen LogP contribution in [-0.2, 0) is 9.53 Å². The lowest BCUT2D eigenvalue weighted by molar-refractivity contribution is -0.153. The van der Waals surface area contributed by atoms with Gasteiger partial charge >= 0.3 is 11.9 Å². The lowest BCUT2D eigenvalue weighted by Crippen LogP contribution is -2.25. The molecule has 0 bridgehead atoms. The van der Waals surface area contributed by atoms with Crippen LogP contribution < -0.4 is 0 Å². The van der Waals surface area contributed by atoms with Crippen molar-refractivity contribution in [3.05, 3.63) is 82.0 Å². The van der Waals surface area contributed by atoms with Gasteiger partial charge in [-0.15, -0.1) is 0 Å². The molecule has 0 radical (unpaired) electrons. The fourth-order valence-electron chi connectivity index (χ4n) is 2.17. The first-order chi connectivity index (χ1) is 14.3. The number of aromatic carboxylic acids is 1. The number of Topliss-reactive ketones (excluding diaryl/α,β-unsaturated/α-hetero) is 1. The van der Waals surface area contributed by atoms with Crippen molar-refractivity contribution in [2.24, 2.45) is 0 Å². The van der Waals surface area contributed by atoms with Crippen molar-refractivity contribution in [3.63, 3.8) is 0 Å². The lowest BCUT2D eigenvalue weighted by atomic mass is 10.1. The third-order valence-corrected chi connectivity index (χ3v) is 3.32. The van der Waals surface area contributed by atoms with Crippen molar-refractivity contribution in [3.8, 4) is 0 Å². The smallest absolute Gasteiger partial charge is 0.334 e. The minimum atomic E-state index is -1.24. The topological polar surface area (TPSA) is 89.4 Å². The van der Waals surface area contributed by atoms with Gasteiger partial charge in [0.1, 0.15) is 23.7 Å². The van der Waals surface area contributed by atoms with Crippen LogP contribution in [0.4, 0.5) is 20.2 Å². The molecule has 0 atom stereocenters. The SMILES string of the molecule is [C-]#[N+]c1cc(F)cc(C(=O)CC(=O)OC(C)(C)C)c1.[C-]#[N+]c1cc(F)cc(C(=O)O)c1. The summed E-state index contributed by atoms with van der Waals surface area (Å²) in [6, 6.07) is 6.26. The average Bonchev–Trinajstić information content (AvgIpc) is 2.65. The Morgan fingerprint density at radius 3 is 1.77 bits per heavy atom. The molecule has 160 valence electrons. The summed E-state index contributed by atoms with van der Waals surface area (Å²) in [5.41, 5.74) is -0.876. The maximum atomic E-state index is 13.2. The Balaban J connectivity index is 0.000000343. The molecule has 31 heavy (non-hydrogen) atoms. The number of nitrogens with zero attached hydrogens (tertiary/aromatic N) is 2. The number of carboxylic acid groups (broad SMARTS) is 1. The van der Waals surface area contributed by atoms with Gasteiger partial charge in [0, 0.05) is 5.56 Å². The summed E-state index contributed by atoms with van der Waals surface area (Å²) in [6.45, 7) is 18.4. The molecular weight excluding hydrogens is 410 g/mol. The average molecular weight is 428 g/mol.